The number of nitrogens with zero attached hydrogens (tertiary/aromatic N) is 3. The van der Waals surface area contributed by atoms with Gasteiger partial charge in [0.05, 0.1) is 17.8 Å². The molecule has 2 fully saturated rings. The number of rotatable bonds is 6. The van der Waals surface area contributed by atoms with Crippen molar-refractivity contribution in [1.29, 1.82) is 0 Å². The van der Waals surface area contributed by atoms with Crippen LogP contribution in [0.25, 0.3) is 0 Å². The summed E-state index contributed by atoms with van der Waals surface area (Å²) in [6.07, 6.45) is 3.66. The molecule has 2 atom stereocenters. The molecule has 10 heteroatoms. The van der Waals surface area contributed by atoms with Gasteiger partial charge in [-0.25, -0.2) is 9.97 Å². The molecule has 0 saturated carbocycles. The zero-order chi connectivity index (χ0) is 20.5. The largest absolute Gasteiger partial charge is 0.498 e. The summed E-state index contributed by atoms with van der Waals surface area (Å²) in [6.45, 7) is 8.44. The van der Waals surface area contributed by atoms with Gasteiger partial charge in [-0.1, -0.05) is 0 Å². The fourth-order valence-electron chi connectivity index (χ4n) is 3.35. The number of nitrogens with one attached hydrogen (secondary N) is 1. The van der Waals surface area contributed by atoms with Crippen molar-refractivity contribution in [2.45, 2.75) is 63.9 Å². The summed E-state index contributed by atoms with van der Waals surface area (Å²) in [6, 6.07) is -0.0694. The predicted molar refractivity (Wildman–Crippen MR) is 104 cm³/mol. The molecule has 0 spiro atoms. The lowest BCUT2D eigenvalue weighted by Crippen LogP contribution is -2.46. The number of aliphatic hydroxyl groups is 2. The molecule has 3 heterocycles. The molecule has 0 aliphatic carbocycles. The maximum absolute atomic E-state index is 12.1. The highest BCUT2D eigenvalue weighted by Crippen LogP contribution is 2.36. The van der Waals surface area contributed by atoms with Crippen LogP contribution in [-0.4, -0.2) is 81.2 Å². The number of hydrogen-bond acceptors (Lipinski definition) is 8. The fourth-order valence-corrected chi connectivity index (χ4v) is 3.35. The molecule has 1 aromatic heterocycles. The lowest BCUT2D eigenvalue weighted by molar-refractivity contribution is -0.142. The Kier molecular flexibility index (Phi) is 5.95. The first-order valence-electron chi connectivity index (χ1n) is 9.65. The Bertz CT molecular complexity index is 684. The Hall–Kier alpha value is -1.75. The first-order chi connectivity index (χ1) is 13.1. The normalized spacial score (nSPS) is 24.4. The molecule has 0 radical (unpaired) electrons. The second kappa shape index (κ2) is 7.94. The van der Waals surface area contributed by atoms with Crippen LogP contribution in [0.2, 0.25) is 0 Å². The average Bonchev–Trinajstić information content (AvgIpc) is 3.20. The molecular weight excluding hydrogens is 363 g/mol. The summed E-state index contributed by atoms with van der Waals surface area (Å²) >= 11 is 0. The van der Waals surface area contributed by atoms with Crippen LogP contribution in [0.3, 0.4) is 0 Å². The van der Waals surface area contributed by atoms with Crippen molar-refractivity contribution in [1.82, 2.24) is 14.9 Å². The maximum Gasteiger partial charge on any atom is 0.498 e. The van der Waals surface area contributed by atoms with Crippen molar-refractivity contribution < 1.29 is 24.3 Å². The third kappa shape index (κ3) is 4.14. The fraction of sp³-hybridized carbons (Fsp3) is 0.722. The highest BCUT2D eigenvalue weighted by Gasteiger charge is 2.52. The highest BCUT2D eigenvalue weighted by molar-refractivity contribution is 6.61. The Morgan fingerprint density at radius 1 is 1.32 bits per heavy atom. The van der Waals surface area contributed by atoms with Crippen LogP contribution in [-0.2, 0) is 14.1 Å². The van der Waals surface area contributed by atoms with Gasteiger partial charge in [-0.15, -0.1) is 0 Å². The number of aromatic nitrogens is 2. The number of aliphatic hydroxyl groups excluding tert-OH is 2. The van der Waals surface area contributed by atoms with Gasteiger partial charge in [0.25, 0.3) is 5.91 Å². The van der Waals surface area contributed by atoms with Gasteiger partial charge in [0.15, 0.2) is 6.10 Å². The number of likely N-dealkylation sites (tertiary alicyclic amines) is 1. The minimum absolute atomic E-state index is 0.0694. The van der Waals surface area contributed by atoms with E-state index >= 15 is 0 Å². The van der Waals surface area contributed by atoms with Gasteiger partial charge in [-0.2, -0.15) is 0 Å². The lowest BCUT2D eigenvalue weighted by atomic mass is 9.81. The number of carbonyl (C=O) groups is 1. The van der Waals surface area contributed by atoms with E-state index in [9.17, 15) is 9.90 Å². The Morgan fingerprint density at radius 3 is 2.50 bits per heavy atom. The van der Waals surface area contributed by atoms with Gasteiger partial charge in [-0.3, -0.25) is 4.79 Å². The number of hydrogen-bond donors (Lipinski definition) is 3. The molecule has 2 aliphatic heterocycles. The van der Waals surface area contributed by atoms with Gasteiger partial charge in [0.2, 0.25) is 5.95 Å². The molecule has 2 aliphatic rings. The molecule has 1 amide bonds. The second-order valence-corrected chi connectivity index (χ2v) is 8.34. The molecule has 154 valence electrons. The molecule has 28 heavy (non-hydrogen) atoms. The molecule has 3 N–H and O–H groups in total. The first kappa shape index (κ1) is 21.0. The van der Waals surface area contributed by atoms with Crippen LogP contribution in [0.15, 0.2) is 12.4 Å². The monoisotopic (exact) mass is 392 g/mol. The third-order valence-corrected chi connectivity index (χ3v) is 5.81. The van der Waals surface area contributed by atoms with E-state index in [-0.39, 0.29) is 6.04 Å². The maximum atomic E-state index is 12.1. The van der Waals surface area contributed by atoms with Crippen LogP contribution in [0.1, 0.15) is 40.5 Å². The topological polar surface area (TPSA) is 117 Å². The molecule has 0 aromatic carbocycles. The van der Waals surface area contributed by atoms with Gasteiger partial charge in [0.1, 0.15) is 0 Å². The van der Waals surface area contributed by atoms with E-state index in [1.165, 1.54) is 0 Å². The van der Waals surface area contributed by atoms with Gasteiger partial charge < -0.3 is 29.7 Å². The van der Waals surface area contributed by atoms with Crippen LogP contribution >= 0.6 is 0 Å². The second-order valence-electron chi connectivity index (χ2n) is 8.34. The molecule has 2 saturated heterocycles. The van der Waals surface area contributed by atoms with E-state index in [1.54, 1.807) is 17.3 Å². The number of anilines is 1. The zero-order valence-corrected chi connectivity index (χ0v) is 16.9. The van der Waals surface area contributed by atoms with E-state index in [0.717, 1.165) is 18.3 Å². The summed E-state index contributed by atoms with van der Waals surface area (Å²) in [5.41, 5.74) is -0.105. The van der Waals surface area contributed by atoms with Crippen molar-refractivity contribution in [2.24, 2.45) is 0 Å². The summed E-state index contributed by atoms with van der Waals surface area (Å²) in [7, 11) is -0.512. The summed E-state index contributed by atoms with van der Waals surface area (Å²) < 4.78 is 12.0. The smallest absolute Gasteiger partial charge is 0.399 e. The molecule has 9 nitrogen and oxygen atoms in total. The quantitative estimate of drug-likeness (QED) is 0.557. The van der Waals surface area contributed by atoms with Crippen molar-refractivity contribution in [2.75, 3.05) is 25.0 Å². The van der Waals surface area contributed by atoms with Crippen LogP contribution in [0.5, 0.6) is 0 Å². The van der Waals surface area contributed by atoms with Crippen molar-refractivity contribution in [3.05, 3.63) is 12.4 Å². The van der Waals surface area contributed by atoms with E-state index in [0.29, 0.717) is 19.0 Å². The van der Waals surface area contributed by atoms with E-state index in [1.807, 2.05) is 27.7 Å². The van der Waals surface area contributed by atoms with Crippen LogP contribution < -0.4 is 10.8 Å². The summed E-state index contributed by atoms with van der Waals surface area (Å²) in [5, 5.41) is 21.7. The third-order valence-electron chi connectivity index (χ3n) is 5.81. The molecule has 1 aromatic rings. The standard InChI is InChI=1S/C18H29BN4O5/c1-17(2)18(3,4)28-19(27-17)12-8-20-16(21-9-12)22-10-13-6-5-7-23(13)15(26)14(25)11-24/h8-9,13-14,24-25H,5-7,10-11H2,1-4H3,(H,20,21,22)/t13-,14-/m0/s1. The number of amides is 1. The van der Waals surface area contributed by atoms with Crippen molar-refractivity contribution in [3.8, 4) is 0 Å². The highest BCUT2D eigenvalue weighted by atomic mass is 16.7. The van der Waals surface area contributed by atoms with Gasteiger partial charge in [0, 0.05) is 37.0 Å². The molecule has 0 bridgehead atoms. The number of carbonyl (C=O) groups excluding carboxylic acids is 1. The SMILES string of the molecule is CC1(C)OB(c2cnc(NC[C@@H]3CCCN3C(=O)[C@@H](O)CO)nc2)OC1(C)C. The van der Waals surface area contributed by atoms with Crippen LogP contribution in [0.4, 0.5) is 5.95 Å². The molecule has 3 rings (SSSR count). The molecular formula is C18H29BN4O5. The van der Waals surface area contributed by atoms with E-state index in [2.05, 4.69) is 15.3 Å². The van der Waals surface area contributed by atoms with Gasteiger partial charge in [-0.05, 0) is 40.5 Å². The zero-order valence-electron chi connectivity index (χ0n) is 16.9. The van der Waals surface area contributed by atoms with Crippen molar-refractivity contribution in [3.63, 3.8) is 0 Å². The minimum atomic E-state index is -1.36. The average molecular weight is 392 g/mol. The van der Waals surface area contributed by atoms with E-state index in [4.69, 9.17) is 14.4 Å². The van der Waals surface area contributed by atoms with Crippen LogP contribution in [0, 0.1) is 0 Å². The Labute approximate surface area is 165 Å². The van der Waals surface area contributed by atoms with E-state index < -0.39 is 36.9 Å². The molecule has 0 unspecified atom stereocenters. The predicted octanol–water partition coefficient (Wildman–Crippen LogP) is -0.468. The van der Waals surface area contributed by atoms with Crippen molar-refractivity contribution >= 4 is 24.4 Å². The minimum Gasteiger partial charge on any atom is -0.399 e. The lowest BCUT2D eigenvalue weighted by Gasteiger charge is -2.32. The Balaban J connectivity index is 1.57. The first-order valence-corrected chi connectivity index (χ1v) is 9.65. The summed E-state index contributed by atoms with van der Waals surface area (Å²) in [4.78, 5) is 22.4. The van der Waals surface area contributed by atoms with Gasteiger partial charge >= 0.3 is 7.12 Å². The Morgan fingerprint density at radius 2 is 1.93 bits per heavy atom. The summed E-state index contributed by atoms with van der Waals surface area (Å²) in [5.74, 6) is 0.00565.